The number of rotatable bonds is 3. The second-order valence-electron chi connectivity index (χ2n) is 3.52. The van der Waals surface area contributed by atoms with E-state index in [1.54, 1.807) is 24.3 Å². The average Bonchev–Trinajstić information content (AvgIpc) is 2.77. The second-order valence-corrected chi connectivity index (χ2v) is 3.52. The summed E-state index contributed by atoms with van der Waals surface area (Å²) in [6.45, 7) is 1.95. The number of nitrogens with two attached hydrogens (primary N) is 1. The van der Waals surface area contributed by atoms with E-state index in [-0.39, 0.29) is 11.8 Å². The fourth-order valence-electron chi connectivity index (χ4n) is 1.32. The van der Waals surface area contributed by atoms with Crippen molar-refractivity contribution in [3.8, 4) is 17.1 Å². The van der Waals surface area contributed by atoms with E-state index < -0.39 is 0 Å². The molecule has 5 nitrogen and oxygen atoms in total. The van der Waals surface area contributed by atoms with E-state index in [9.17, 15) is 5.11 Å². The predicted octanol–water partition coefficient (Wildman–Crippen LogP) is 1.85. The highest BCUT2D eigenvalue weighted by atomic mass is 16.5. The Hall–Kier alpha value is -1.88. The van der Waals surface area contributed by atoms with Crippen LogP contribution in [0.3, 0.4) is 0 Å². The summed E-state index contributed by atoms with van der Waals surface area (Å²) in [7, 11) is 0. The minimum absolute atomic E-state index is 0.170. The number of benzene rings is 1. The van der Waals surface area contributed by atoms with Gasteiger partial charge in [-0.1, -0.05) is 24.2 Å². The van der Waals surface area contributed by atoms with Crippen molar-refractivity contribution in [3.05, 3.63) is 30.2 Å². The summed E-state index contributed by atoms with van der Waals surface area (Å²) < 4.78 is 5.04. The minimum atomic E-state index is -0.237. The van der Waals surface area contributed by atoms with Crippen molar-refractivity contribution in [1.82, 2.24) is 10.1 Å². The van der Waals surface area contributed by atoms with Gasteiger partial charge in [-0.3, -0.25) is 0 Å². The maximum Gasteiger partial charge on any atom is 0.243 e. The van der Waals surface area contributed by atoms with E-state index in [1.807, 2.05) is 6.92 Å². The molecule has 0 spiro atoms. The third-order valence-corrected chi connectivity index (χ3v) is 2.30. The lowest BCUT2D eigenvalue weighted by Gasteiger charge is -1.99. The van der Waals surface area contributed by atoms with E-state index in [0.29, 0.717) is 17.3 Å². The maximum atomic E-state index is 9.33. The van der Waals surface area contributed by atoms with Gasteiger partial charge in [-0.05, 0) is 18.6 Å². The van der Waals surface area contributed by atoms with Gasteiger partial charge in [0, 0.05) is 5.56 Å². The van der Waals surface area contributed by atoms with Crippen LogP contribution in [-0.4, -0.2) is 15.2 Å². The first kappa shape index (κ1) is 10.6. The largest absolute Gasteiger partial charge is 0.508 e. The Morgan fingerprint density at radius 1 is 1.50 bits per heavy atom. The normalized spacial score (nSPS) is 12.6. The Labute approximate surface area is 92.9 Å². The van der Waals surface area contributed by atoms with Crippen molar-refractivity contribution < 1.29 is 9.63 Å². The van der Waals surface area contributed by atoms with Gasteiger partial charge in [0.05, 0.1) is 6.04 Å². The van der Waals surface area contributed by atoms with Crippen LogP contribution in [0.4, 0.5) is 0 Å². The number of aromatic nitrogens is 2. The molecule has 2 aromatic rings. The number of phenols is 1. The first-order chi connectivity index (χ1) is 7.70. The fraction of sp³-hybridized carbons (Fsp3) is 0.273. The molecule has 0 aliphatic heterocycles. The molecule has 0 aliphatic rings. The quantitative estimate of drug-likeness (QED) is 0.822. The molecule has 0 saturated heterocycles. The molecule has 1 aromatic heterocycles. The number of hydrogen-bond donors (Lipinski definition) is 2. The molecule has 1 aromatic carbocycles. The zero-order valence-electron chi connectivity index (χ0n) is 8.92. The Bertz CT molecular complexity index is 482. The summed E-state index contributed by atoms with van der Waals surface area (Å²) in [5.74, 6) is 1.03. The van der Waals surface area contributed by atoms with Crippen molar-refractivity contribution in [1.29, 1.82) is 0 Å². The third-order valence-electron chi connectivity index (χ3n) is 2.30. The summed E-state index contributed by atoms with van der Waals surface area (Å²) >= 11 is 0. The monoisotopic (exact) mass is 219 g/mol. The van der Waals surface area contributed by atoms with E-state index in [4.69, 9.17) is 10.3 Å². The zero-order chi connectivity index (χ0) is 11.5. The molecular formula is C11H13N3O2. The Balaban J connectivity index is 2.31. The molecule has 0 radical (unpaired) electrons. The van der Waals surface area contributed by atoms with Crippen LogP contribution < -0.4 is 5.73 Å². The van der Waals surface area contributed by atoms with Gasteiger partial charge in [-0.2, -0.15) is 4.98 Å². The lowest BCUT2D eigenvalue weighted by molar-refractivity contribution is 0.352. The van der Waals surface area contributed by atoms with Gasteiger partial charge in [0.15, 0.2) is 0 Å². The summed E-state index contributed by atoms with van der Waals surface area (Å²) in [5.41, 5.74) is 6.48. The van der Waals surface area contributed by atoms with E-state index in [1.165, 1.54) is 0 Å². The lowest BCUT2D eigenvalue weighted by atomic mass is 10.2. The molecule has 0 saturated carbocycles. The SMILES string of the molecule is CC[C@H](N)c1nc(-c2cccc(O)c2)no1. The first-order valence-electron chi connectivity index (χ1n) is 5.09. The second kappa shape index (κ2) is 4.32. The first-order valence-corrected chi connectivity index (χ1v) is 5.09. The maximum absolute atomic E-state index is 9.33. The van der Waals surface area contributed by atoms with Crippen molar-refractivity contribution >= 4 is 0 Å². The van der Waals surface area contributed by atoms with Gasteiger partial charge < -0.3 is 15.4 Å². The van der Waals surface area contributed by atoms with E-state index in [0.717, 1.165) is 6.42 Å². The molecule has 5 heteroatoms. The number of nitrogens with zero attached hydrogens (tertiary/aromatic N) is 2. The van der Waals surface area contributed by atoms with Crippen LogP contribution in [0.15, 0.2) is 28.8 Å². The van der Waals surface area contributed by atoms with Gasteiger partial charge in [0.2, 0.25) is 11.7 Å². The fourth-order valence-corrected chi connectivity index (χ4v) is 1.32. The Kier molecular flexibility index (Phi) is 2.87. The Morgan fingerprint density at radius 2 is 2.31 bits per heavy atom. The molecular weight excluding hydrogens is 206 g/mol. The van der Waals surface area contributed by atoms with Crippen LogP contribution in [0.25, 0.3) is 11.4 Å². The molecule has 0 unspecified atom stereocenters. The highest BCUT2D eigenvalue weighted by molar-refractivity contribution is 5.56. The van der Waals surface area contributed by atoms with Crippen LogP contribution in [0.5, 0.6) is 5.75 Å². The van der Waals surface area contributed by atoms with Crippen LogP contribution in [-0.2, 0) is 0 Å². The van der Waals surface area contributed by atoms with Gasteiger partial charge >= 0.3 is 0 Å². The minimum Gasteiger partial charge on any atom is -0.508 e. The van der Waals surface area contributed by atoms with Gasteiger partial charge in [0.25, 0.3) is 0 Å². The number of aromatic hydroxyl groups is 1. The molecule has 1 atom stereocenters. The van der Waals surface area contributed by atoms with Crippen LogP contribution in [0, 0.1) is 0 Å². The van der Waals surface area contributed by atoms with Crippen molar-refractivity contribution in [2.45, 2.75) is 19.4 Å². The van der Waals surface area contributed by atoms with Crippen LogP contribution in [0.2, 0.25) is 0 Å². The van der Waals surface area contributed by atoms with Gasteiger partial charge in [-0.25, -0.2) is 0 Å². The smallest absolute Gasteiger partial charge is 0.243 e. The zero-order valence-corrected chi connectivity index (χ0v) is 8.92. The summed E-state index contributed by atoms with van der Waals surface area (Å²) in [5, 5.41) is 13.1. The molecule has 0 fully saturated rings. The van der Waals surface area contributed by atoms with Gasteiger partial charge in [-0.15, -0.1) is 0 Å². The molecule has 0 aliphatic carbocycles. The number of hydrogen-bond acceptors (Lipinski definition) is 5. The Morgan fingerprint density at radius 3 is 3.00 bits per heavy atom. The summed E-state index contributed by atoms with van der Waals surface area (Å²) in [4.78, 5) is 4.18. The van der Waals surface area contributed by atoms with Crippen molar-refractivity contribution in [2.24, 2.45) is 5.73 Å². The van der Waals surface area contributed by atoms with E-state index >= 15 is 0 Å². The molecule has 2 rings (SSSR count). The highest BCUT2D eigenvalue weighted by Crippen LogP contribution is 2.22. The predicted molar refractivity (Wildman–Crippen MR) is 58.6 cm³/mol. The summed E-state index contributed by atoms with van der Waals surface area (Å²) in [6, 6.07) is 6.44. The molecule has 16 heavy (non-hydrogen) atoms. The molecule has 84 valence electrons. The average molecular weight is 219 g/mol. The molecule has 1 heterocycles. The highest BCUT2D eigenvalue weighted by Gasteiger charge is 2.13. The van der Waals surface area contributed by atoms with Crippen molar-refractivity contribution in [3.63, 3.8) is 0 Å². The summed E-state index contributed by atoms with van der Waals surface area (Å²) in [6.07, 6.45) is 0.738. The van der Waals surface area contributed by atoms with E-state index in [2.05, 4.69) is 10.1 Å². The topological polar surface area (TPSA) is 85.2 Å². The molecule has 3 N–H and O–H groups in total. The van der Waals surface area contributed by atoms with Crippen molar-refractivity contribution in [2.75, 3.05) is 0 Å². The van der Waals surface area contributed by atoms with Crippen LogP contribution in [0.1, 0.15) is 25.3 Å². The third kappa shape index (κ3) is 2.04. The van der Waals surface area contributed by atoms with Crippen LogP contribution >= 0.6 is 0 Å². The van der Waals surface area contributed by atoms with Gasteiger partial charge in [0.1, 0.15) is 5.75 Å². The standard InChI is InChI=1S/C11H13N3O2/c1-2-9(12)11-13-10(14-16-11)7-4-3-5-8(15)6-7/h3-6,9,15H,2,12H2,1H3/t9-/m0/s1. The lowest BCUT2D eigenvalue weighted by Crippen LogP contribution is -2.08. The number of phenolic OH excluding ortho intramolecular Hbond substituents is 1. The molecule has 0 amide bonds. The molecule has 0 bridgehead atoms.